The predicted octanol–water partition coefficient (Wildman–Crippen LogP) is -1.70. The fourth-order valence-corrected chi connectivity index (χ4v) is 3.60. The zero-order chi connectivity index (χ0) is 28.9. The van der Waals surface area contributed by atoms with E-state index in [9.17, 15) is 39.3 Å². The Balaban J connectivity index is 2.06. The molecule has 0 saturated heterocycles. The van der Waals surface area contributed by atoms with Crippen molar-refractivity contribution in [2.24, 2.45) is 11.5 Å². The van der Waals surface area contributed by atoms with Gasteiger partial charge in [0, 0.05) is 12.8 Å². The SMILES string of the molecule is NC(=O)CCC(NC(=O)C(N)Cc1ccccc1)C(=O)NC(CO)C(=O)NC(Cc1ccc(O)cc1)C(=O)O. The van der Waals surface area contributed by atoms with Crippen LogP contribution in [0.5, 0.6) is 5.75 Å². The molecule has 13 nitrogen and oxygen atoms in total. The van der Waals surface area contributed by atoms with Crippen LogP contribution < -0.4 is 27.4 Å². The number of hydrogen-bond acceptors (Lipinski definition) is 8. The number of aliphatic hydroxyl groups excluding tert-OH is 1. The van der Waals surface area contributed by atoms with Crippen LogP contribution in [0.1, 0.15) is 24.0 Å². The van der Waals surface area contributed by atoms with Gasteiger partial charge in [-0.1, -0.05) is 42.5 Å². The first kappa shape index (κ1) is 30.7. The van der Waals surface area contributed by atoms with Gasteiger partial charge in [0.25, 0.3) is 0 Å². The summed E-state index contributed by atoms with van der Waals surface area (Å²) in [6, 6.07) is 9.30. The second-order valence-corrected chi connectivity index (χ2v) is 8.88. The maximum Gasteiger partial charge on any atom is 0.326 e. The monoisotopic (exact) mass is 543 g/mol. The van der Waals surface area contributed by atoms with E-state index in [1.807, 2.05) is 0 Å². The van der Waals surface area contributed by atoms with E-state index in [1.54, 1.807) is 30.3 Å². The molecule has 2 rings (SSSR count). The second kappa shape index (κ2) is 15.1. The van der Waals surface area contributed by atoms with Crippen LogP contribution in [0, 0.1) is 0 Å². The van der Waals surface area contributed by atoms with Gasteiger partial charge in [0.1, 0.15) is 23.9 Å². The van der Waals surface area contributed by atoms with Crippen LogP contribution >= 0.6 is 0 Å². The maximum absolute atomic E-state index is 12.9. The Morgan fingerprint density at radius 3 is 1.85 bits per heavy atom. The Kier molecular flexibility index (Phi) is 11.9. The summed E-state index contributed by atoms with van der Waals surface area (Å²) in [7, 11) is 0. The van der Waals surface area contributed by atoms with Crippen LogP contribution in [0.2, 0.25) is 0 Å². The molecule has 0 aliphatic rings. The van der Waals surface area contributed by atoms with E-state index in [0.29, 0.717) is 5.56 Å². The standard InChI is InChI=1S/C26H33N5O8/c27-18(12-15-4-2-1-3-5-15)23(35)29-19(10-11-22(28)34)24(36)31-21(14-32)25(37)30-20(26(38)39)13-16-6-8-17(33)9-7-16/h1-9,18-21,32-33H,10-14,27H2,(H2,28,34)(H,29,35)(H,30,37)(H,31,36)(H,38,39). The molecule has 4 unspecified atom stereocenters. The van der Waals surface area contributed by atoms with Crippen molar-refractivity contribution >= 4 is 29.6 Å². The van der Waals surface area contributed by atoms with E-state index in [2.05, 4.69) is 16.0 Å². The van der Waals surface area contributed by atoms with Crippen molar-refractivity contribution in [3.05, 3.63) is 65.7 Å². The lowest BCUT2D eigenvalue weighted by Gasteiger charge is -2.24. The lowest BCUT2D eigenvalue weighted by molar-refractivity contribution is -0.142. The van der Waals surface area contributed by atoms with E-state index in [0.717, 1.165) is 5.56 Å². The summed E-state index contributed by atoms with van der Waals surface area (Å²) in [5.74, 6) is -4.69. The van der Waals surface area contributed by atoms with Gasteiger partial charge in [-0.15, -0.1) is 0 Å². The minimum Gasteiger partial charge on any atom is -0.508 e. The molecule has 0 aliphatic heterocycles. The first-order valence-corrected chi connectivity index (χ1v) is 12.1. The number of carboxylic acids is 1. The number of carbonyl (C=O) groups excluding carboxylic acids is 4. The molecular formula is C26H33N5O8. The van der Waals surface area contributed by atoms with Gasteiger partial charge >= 0.3 is 5.97 Å². The molecule has 210 valence electrons. The number of nitrogens with two attached hydrogens (primary N) is 2. The van der Waals surface area contributed by atoms with Gasteiger partial charge in [-0.05, 0) is 36.1 Å². The summed E-state index contributed by atoms with van der Waals surface area (Å²) in [5.41, 5.74) is 12.5. The number of aliphatic carboxylic acids is 1. The topological polar surface area (TPSA) is 234 Å². The second-order valence-electron chi connectivity index (χ2n) is 8.88. The van der Waals surface area contributed by atoms with E-state index in [1.165, 1.54) is 24.3 Å². The highest BCUT2D eigenvalue weighted by Gasteiger charge is 2.30. The lowest BCUT2D eigenvalue weighted by atomic mass is 10.0. The fraction of sp³-hybridized carbons (Fsp3) is 0.346. The van der Waals surface area contributed by atoms with E-state index in [4.69, 9.17) is 11.5 Å². The molecule has 10 N–H and O–H groups in total. The zero-order valence-corrected chi connectivity index (χ0v) is 21.1. The quantitative estimate of drug-likeness (QED) is 0.128. The Hall–Kier alpha value is -4.49. The molecule has 0 heterocycles. The summed E-state index contributed by atoms with van der Waals surface area (Å²) in [5, 5.41) is 35.6. The van der Waals surface area contributed by atoms with Crippen molar-refractivity contribution < 1.29 is 39.3 Å². The molecule has 0 fully saturated rings. The minimum atomic E-state index is -1.56. The van der Waals surface area contributed by atoms with Crippen LogP contribution in [0.15, 0.2) is 54.6 Å². The molecule has 0 aliphatic carbocycles. The van der Waals surface area contributed by atoms with Crippen LogP contribution in [0.4, 0.5) is 0 Å². The number of aliphatic hydroxyl groups is 1. The average molecular weight is 544 g/mol. The first-order chi connectivity index (χ1) is 18.5. The van der Waals surface area contributed by atoms with Gasteiger partial charge in [0.15, 0.2) is 0 Å². The third kappa shape index (κ3) is 10.4. The number of hydrogen-bond donors (Lipinski definition) is 8. The first-order valence-electron chi connectivity index (χ1n) is 12.1. The van der Waals surface area contributed by atoms with Crippen LogP contribution in [-0.4, -0.2) is 75.7 Å². The Bertz CT molecular complexity index is 1140. The number of benzene rings is 2. The van der Waals surface area contributed by atoms with Crippen LogP contribution in [0.25, 0.3) is 0 Å². The number of phenols is 1. The molecule has 0 bridgehead atoms. The number of aromatic hydroxyl groups is 1. The number of primary amides is 1. The van der Waals surface area contributed by atoms with Crippen molar-refractivity contribution in [2.45, 2.75) is 49.9 Å². The molecule has 39 heavy (non-hydrogen) atoms. The molecule has 4 amide bonds. The Morgan fingerprint density at radius 2 is 1.28 bits per heavy atom. The highest BCUT2D eigenvalue weighted by atomic mass is 16.4. The Morgan fingerprint density at radius 1 is 0.744 bits per heavy atom. The maximum atomic E-state index is 12.9. The van der Waals surface area contributed by atoms with Crippen molar-refractivity contribution in [3.8, 4) is 5.75 Å². The van der Waals surface area contributed by atoms with Gasteiger partial charge in [-0.25, -0.2) is 4.79 Å². The van der Waals surface area contributed by atoms with E-state index < -0.39 is 60.4 Å². The zero-order valence-electron chi connectivity index (χ0n) is 21.1. The molecule has 4 atom stereocenters. The number of phenolic OH excluding ortho intramolecular Hbond substituents is 1. The largest absolute Gasteiger partial charge is 0.508 e. The van der Waals surface area contributed by atoms with Crippen molar-refractivity contribution in [2.75, 3.05) is 6.61 Å². The summed E-state index contributed by atoms with van der Waals surface area (Å²) in [4.78, 5) is 61.3. The van der Waals surface area contributed by atoms with Gasteiger partial charge in [-0.3, -0.25) is 19.2 Å². The molecule has 0 aromatic heterocycles. The summed E-state index contributed by atoms with van der Waals surface area (Å²) in [6.07, 6.45) is -0.431. The van der Waals surface area contributed by atoms with E-state index >= 15 is 0 Å². The summed E-state index contributed by atoms with van der Waals surface area (Å²) in [6.45, 7) is -0.882. The smallest absolute Gasteiger partial charge is 0.326 e. The van der Waals surface area contributed by atoms with Crippen molar-refractivity contribution in [1.82, 2.24) is 16.0 Å². The molecular weight excluding hydrogens is 510 g/mol. The third-order valence-electron chi connectivity index (χ3n) is 5.75. The fourth-order valence-electron chi connectivity index (χ4n) is 3.60. The highest BCUT2D eigenvalue weighted by Crippen LogP contribution is 2.12. The minimum absolute atomic E-state index is 0.0169. The Labute approximate surface area is 224 Å². The number of carbonyl (C=O) groups is 5. The molecule has 2 aromatic carbocycles. The normalized spacial score (nSPS) is 13.8. The highest BCUT2D eigenvalue weighted by molar-refractivity contribution is 5.94. The average Bonchev–Trinajstić information content (AvgIpc) is 2.90. The van der Waals surface area contributed by atoms with Crippen LogP contribution in [0.3, 0.4) is 0 Å². The van der Waals surface area contributed by atoms with Gasteiger partial charge < -0.3 is 42.7 Å². The number of amides is 4. The van der Waals surface area contributed by atoms with Gasteiger partial charge in [-0.2, -0.15) is 0 Å². The van der Waals surface area contributed by atoms with Crippen molar-refractivity contribution in [1.29, 1.82) is 0 Å². The number of nitrogens with one attached hydrogen (secondary N) is 3. The molecule has 0 saturated carbocycles. The van der Waals surface area contributed by atoms with Crippen LogP contribution in [-0.2, 0) is 36.8 Å². The van der Waals surface area contributed by atoms with Crippen molar-refractivity contribution in [3.63, 3.8) is 0 Å². The van der Waals surface area contributed by atoms with Gasteiger partial charge in [0.05, 0.1) is 12.6 Å². The predicted molar refractivity (Wildman–Crippen MR) is 139 cm³/mol. The summed E-state index contributed by atoms with van der Waals surface area (Å²) < 4.78 is 0. The number of carboxylic acid groups (broad SMARTS) is 1. The third-order valence-corrected chi connectivity index (χ3v) is 5.75. The van der Waals surface area contributed by atoms with Gasteiger partial charge in [0.2, 0.25) is 23.6 Å². The molecule has 0 spiro atoms. The summed E-state index contributed by atoms with van der Waals surface area (Å²) >= 11 is 0. The molecule has 0 radical (unpaired) electrons. The lowest BCUT2D eigenvalue weighted by Crippen LogP contribution is -2.58. The van der Waals surface area contributed by atoms with E-state index in [-0.39, 0.29) is 31.4 Å². The molecule has 2 aromatic rings. The molecule has 13 heteroatoms. The number of rotatable bonds is 15.